The number of alkyl carbamates (subject to hydrolysis) is 1. The van der Waals surface area contributed by atoms with Crippen molar-refractivity contribution in [3.8, 4) is 0 Å². The van der Waals surface area contributed by atoms with Crippen LogP contribution in [0.4, 0.5) is 4.79 Å². The smallest absolute Gasteiger partial charge is 0.408 e. The van der Waals surface area contributed by atoms with Gasteiger partial charge in [0.05, 0.1) is 7.11 Å². The topological polar surface area (TPSA) is 114 Å². The van der Waals surface area contributed by atoms with E-state index in [1.807, 2.05) is 59.1 Å². The maximum atomic E-state index is 14.3. The van der Waals surface area contributed by atoms with Gasteiger partial charge < -0.3 is 25.0 Å². The number of benzene rings is 1. The molecule has 2 unspecified atom stereocenters. The van der Waals surface area contributed by atoms with Crippen molar-refractivity contribution in [3.05, 3.63) is 34.9 Å². The van der Waals surface area contributed by atoms with Crippen LogP contribution in [0.15, 0.2) is 18.2 Å². The minimum absolute atomic E-state index is 0.336. The molecule has 0 aliphatic rings. The lowest BCUT2D eigenvalue weighted by Crippen LogP contribution is -2.59. The third-order valence-electron chi connectivity index (χ3n) is 6.23. The Labute approximate surface area is 231 Å². The Morgan fingerprint density at radius 2 is 1.71 bits per heavy atom. The van der Waals surface area contributed by atoms with Crippen molar-refractivity contribution in [2.45, 2.75) is 91.5 Å². The van der Waals surface area contributed by atoms with Crippen molar-refractivity contribution in [1.82, 2.24) is 15.5 Å². The second kappa shape index (κ2) is 14.4. The molecular formula is C28H45N3O6S. The molecule has 2 N–H and O–H groups in total. The van der Waals surface area contributed by atoms with Crippen molar-refractivity contribution in [3.63, 3.8) is 0 Å². The van der Waals surface area contributed by atoms with Crippen LogP contribution in [0.25, 0.3) is 0 Å². The highest BCUT2D eigenvalue weighted by Gasteiger charge is 2.43. The van der Waals surface area contributed by atoms with Crippen LogP contribution in [0.1, 0.15) is 77.1 Å². The summed E-state index contributed by atoms with van der Waals surface area (Å²) in [4.78, 5) is 54.2. The summed E-state index contributed by atoms with van der Waals surface area (Å²) >= 11 is 1.55. The molecule has 214 valence electrons. The van der Waals surface area contributed by atoms with Gasteiger partial charge in [-0.05, 0) is 84.4 Å². The molecule has 2 atom stereocenters. The number of methoxy groups -OCH3 is 1. The fraction of sp³-hybridized carbons (Fsp3) is 0.643. The van der Waals surface area contributed by atoms with Crippen LogP contribution in [0.5, 0.6) is 0 Å². The zero-order valence-electron chi connectivity index (χ0n) is 24.5. The van der Waals surface area contributed by atoms with E-state index in [4.69, 9.17) is 9.47 Å². The van der Waals surface area contributed by atoms with E-state index in [-0.39, 0.29) is 6.54 Å². The molecule has 0 fully saturated rings. The second-order valence-corrected chi connectivity index (χ2v) is 11.9. The summed E-state index contributed by atoms with van der Waals surface area (Å²) in [5.41, 5.74) is 0.855. The molecule has 0 heterocycles. The van der Waals surface area contributed by atoms with Crippen LogP contribution in [-0.4, -0.2) is 71.6 Å². The van der Waals surface area contributed by atoms with Crippen molar-refractivity contribution in [2.24, 2.45) is 0 Å². The molecule has 0 bridgehead atoms. The molecule has 0 aliphatic heterocycles. The lowest BCUT2D eigenvalue weighted by Gasteiger charge is -2.45. The summed E-state index contributed by atoms with van der Waals surface area (Å²) in [7, 11) is 1.24. The molecule has 0 aliphatic carbocycles. The molecule has 1 aromatic carbocycles. The fourth-order valence-corrected chi connectivity index (χ4v) is 4.31. The van der Waals surface area contributed by atoms with Crippen molar-refractivity contribution < 1.29 is 28.7 Å². The number of carbonyl (C=O) groups is 4. The van der Waals surface area contributed by atoms with E-state index in [0.717, 1.165) is 11.1 Å². The van der Waals surface area contributed by atoms with Gasteiger partial charge >= 0.3 is 12.1 Å². The molecule has 0 spiro atoms. The second-order valence-electron chi connectivity index (χ2n) is 10.9. The average Bonchev–Trinajstić information content (AvgIpc) is 2.83. The number of ether oxygens (including phenoxy) is 2. The number of carbonyl (C=O) groups excluding carboxylic acids is 4. The van der Waals surface area contributed by atoms with Crippen LogP contribution in [0, 0.1) is 13.8 Å². The predicted molar refractivity (Wildman–Crippen MR) is 151 cm³/mol. The third-order valence-corrected chi connectivity index (χ3v) is 6.87. The van der Waals surface area contributed by atoms with Crippen molar-refractivity contribution in [1.29, 1.82) is 0 Å². The predicted octanol–water partition coefficient (Wildman–Crippen LogP) is 4.30. The van der Waals surface area contributed by atoms with Crippen molar-refractivity contribution >= 4 is 35.6 Å². The Morgan fingerprint density at radius 3 is 2.24 bits per heavy atom. The lowest BCUT2D eigenvalue weighted by atomic mass is 9.89. The molecule has 1 aromatic rings. The van der Waals surface area contributed by atoms with Gasteiger partial charge in [-0.25, -0.2) is 4.79 Å². The van der Waals surface area contributed by atoms with E-state index in [2.05, 4.69) is 10.6 Å². The monoisotopic (exact) mass is 551 g/mol. The number of hydrogen-bond donors (Lipinski definition) is 2. The number of hydrogen-bond acceptors (Lipinski definition) is 7. The summed E-state index contributed by atoms with van der Waals surface area (Å²) in [6.07, 6.45) is 2.09. The molecule has 1 rings (SSSR count). The molecule has 0 aromatic heterocycles. The number of thioether (sulfide) groups is 1. The first-order chi connectivity index (χ1) is 17.6. The molecular weight excluding hydrogens is 506 g/mol. The Kier molecular flexibility index (Phi) is 12.6. The van der Waals surface area contributed by atoms with Crippen LogP contribution in [0.2, 0.25) is 0 Å². The van der Waals surface area contributed by atoms with Gasteiger partial charge in [0.15, 0.2) is 0 Å². The normalized spacial score (nSPS) is 13.2. The minimum atomic E-state index is -1.06. The Bertz CT molecular complexity index is 989. The number of rotatable bonds is 12. The molecule has 0 saturated heterocycles. The fourth-order valence-electron chi connectivity index (χ4n) is 3.84. The highest BCUT2D eigenvalue weighted by atomic mass is 32.2. The first kappa shape index (κ1) is 33.3. The zero-order valence-corrected chi connectivity index (χ0v) is 25.3. The summed E-state index contributed by atoms with van der Waals surface area (Å²) in [6, 6.07) is 3.73. The molecule has 9 nitrogen and oxygen atoms in total. The van der Waals surface area contributed by atoms with Crippen LogP contribution in [-0.2, 0) is 23.9 Å². The van der Waals surface area contributed by atoms with Gasteiger partial charge in [0, 0.05) is 5.54 Å². The number of nitrogens with zero attached hydrogens (tertiary/aromatic N) is 1. The van der Waals surface area contributed by atoms with Gasteiger partial charge in [-0.3, -0.25) is 14.4 Å². The van der Waals surface area contributed by atoms with E-state index in [1.54, 1.807) is 37.4 Å². The first-order valence-electron chi connectivity index (χ1n) is 12.8. The number of amides is 3. The maximum absolute atomic E-state index is 14.3. The van der Waals surface area contributed by atoms with E-state index in [9.17, 15) is 19.2 Å². The van der Waals surface area contributed by atoms with E-state index in [0.29, 0.717) is 24.2 Å². The van der Waals surface area contributed by atoms with Gasteiger partial charge in [-0.2, -0.15) is 11.8 Å². The van der Waals surface area contributed by atoms with Crippen LogP contribution >= 0.6 is 11.8 Å². The Balaban J connectivity index is 3.69. The van der Waals surface area contributed by atoms with E-state index in [1.165, 1.54) is 7.11 Å². The molecule has 38 heavy (non-hydrogen) atoms. The highest BCUT2D eigenvalue weighted by Crippen LogP contribution is 2.34. The molecule has 0 saturated carbocycles. The Morgan fingerprint density at radius 1 is 1.08 bits per heavy atom. The van der Waals surface area contributed by atoms with Gasteiger partial charge in [-0.15, -0.1) is 0 Å². The van der Waals surface area contributed by atoms with Crippen LogP contribution in [0.3, 0.4) is 0 Å². The van der Waals surface area contributed by atoms with Gasteiger partial charge in [-0.1, -0.05) is 30.7 Å². The largest absolute Gasteiger partial charge is 0.468 e. The van der Waals surface area contributed by atoms with E-state index < -0.39 is 47.1 Å². The summed E-state index contributed by atoms with van der Waals surface area (Å²) < 4.78 is 10.1. The summed E-state index contributed by atoms with van der Waals surface area (Å²) in [6.45, 7) is 14.4. The van der Waals surface area contributed by atoms with Gasteiger partial charge in [0.2, 0.25) is 11.8 Å². The molecule has 10 heteroatoms. The Hall–Kier alpha value is -2.75. The summed E-state index contributed by atoms with van der Waals surface area (Å²) in [5, 5.41) is 5.38. The van der Waals surface area contributed by atoms with Crippen LogP contribution < -0.4 is 10.6 Å². The van der Waals surface area contributed by atoms with E-state index >= 15 is 0 Å². The number of aryl methyl sites for hydroxylation is 2. The van der Waals surface area contributed by atoms with Gasteiger partial charge in [0.25, 0.3) is 0 Å². The highest BCUT2D eigenvalue weighted by molar-refractivity contribution is 7.98. The lowest BCUT2D eigenvalue weighted by molar-refractivity contribution is -0.150. The summed E-state index contributed by atoms with van der Waals surface area (Å²) in [5.74, 6) is -0.916. The SMILES string of the molecule is CCC(C)(C)N(C(=O)C(CCSC)NC(=O)OC(C)(C)C)C(C(=O)NCC(=O)OC)c1cc(C)ccc1C. The number of esters is 1. The minimum Gasteiger partial charge on any atom is -0.468 e. The molecule has 3 amide bonds. The molecule has 0 radical (unpaired) electrons. The standard InChI is InChI=1S/C28H45N3O6S/c1-11-28(7,8)31(25(34)21(14-15-38-10)30-26(35)37-27(4,5)6)23(24(33)29-17-22(32)36-9)20-16-18(2)12-13-19(20)3/h12-13,16,21,23H,11,14-15,17H2,1-10H3,(H,29,33)(H,30,35). The third kappa shape index (κ3) is 9.85. The van der Waals surface area contributed by atoms with Gasteiger partial charge in [0.1, 0.15) is 24.2 Å². The number of nitrogens with one attached hydrogen (secondary N) is 2. The maximum Gasteiger partial charge on any atom is 0.408 e. The zero-order chi connectivity index (χ0) is 29.3. The average molecular weight is 552 g/mol. The quantitative estimate of drug-likeness (QED) is 0.372. The van der Waals surface area contributed by atoms with Crippen molar-refractivity contribution in [2.75, 3.05) is 25.7 Å². The first-order valence-corrected chi connectivity index (χ1v) is 14.2.